The summed E-state index contributed by atoms with van der Waals surface area (Å²) >= 11 is 0. The first-order valence-electron chi connectivity index (χ1n) is 6.23. The molecular weight excluding hydrogens is 298 g/mol. The van der Waals surface area contributed by atoms with Crippen LogP contribution in [0.3, 0.4) is 0 Å². The second kappa shape index (κ2) is 6.19. The van der Waals surface area contributed by atoms with E-state index in [1.54, 1.807) is 0 Å². The van der Waals surface area contributed by atoms with E-state index in [0.29, 0.717) is 18.5 Å². The highest BCUT2D eigenvalue weighted by Gasteiger charge is 2.12. The first-order valence-corrected chi connectivity index (χ1v) is 7.67. The number of sulfonamides is 1. The third-order valence-electron chi connectivity index (χ3n) is 2.77. The van der Waals surface area contributed by atoms with E-state index in [2.05, 4.69) is 10.5 Å². The molecule has 21 heavy (non-hydrogen) atoms. The molecule has 0 aliphatic carbocycles. The summed E-state index contributed by atoms with van der Waals surface area (Å²) in [6.45, 7) is 0.562. The van der Waals surface area contributed by atoms with Crippen molar-refractivity contribution in [2.75, 3.05) is 6.54 Å². The van der Waals surface area contributed by atoms with Crippen molar-refractivity contribution in [1.82, 2.24) is 0 Å². The van der Waals surface area contributed by atoms with Gasteiger partial charge in [0.25, 0.3) is 0 Å². The van der Waals surface area contributed by atoms with Crippen molar-refractivity contribution in [1.29, 1.82) is 0 Å². The molecule has 0 radical (unpaired) electrons. The lowest BCUT2D eigenvalue weighted by atomic mass is 10.1. The zero-order chi connectivity index (χ0) is 15.5. The molecule has 0 spiro atoms. The van der Waals surface area contributed by atoms with Gasteiger partial charge >= 0.3 is 0 Å². The van der Waals surface area contributed by atoms with Crippen LogP contribution in [0.2, 0.25) is 0 Å². The second-order valence-corrected chi connectivity index (χ2v) is 5.99. The lowest BCUT2D eigenvalue weighted by Crippen LogP contribution is -2.51. The van der Waals surface area contributed by atoms with E-state index >= 15 is 0 Å². The molecule has 4 nitrogen and oxygen atoms in total. The van der Waals surface area contributed by atoms with E-state index in [-0.39, 0.29) is 5.69 Å². The summed E-state index contributed by atoms with van der Waals surface area (Å²) < 4.78 is 54.6. The maximum atomic E-state index is 13.8. The molecular formula is C14H14F2N2O2S. The predicted octanol–water partition coefficient (Wildman–Crippen LogP) is 2.14. The van der Waals surface area contributed by atoms with E-state index in [0.717, 1.165) is 12.1 Å². The van der Waals surface area contributed by atoms with Gasteiger partial charge in [-0.15, -0.1) is 5.69 Å². The zero-order valence-electron chi connectivity index (χ0n) is 11.1. The molecule has 0 bridgehead atoms. The van der Waals surface area contributed by atoms with Crippen LogP contribution < -0.4 is 5.73 Å². The van der Waals surface area contributed by atoms with Gasteiger partial charge in [0.1, 0.15) is 21.7 Å². The summed E-state index contributed by atoms with van der Waals surface area (Å²) in [5.41, 5.74) is 4.23. The van der Waals surface area contributed by atoms with Gasteiger partial charge in [0.2, 0.25) is 0 Å². The van der Waals surface area contributed by atoms with Gasteiger partial charge in [-0.25, -0.2) is 17.2 Å². The van der Waals surface area contributed by atoms with Crippen molar-refractivity contribution in [3.8, 4) is 0 Å². The Morgan fingerprint density at radius 2 is 1.86 bits per heavy atom. The Morgan fingerprint density at radius 1 is 1.10 bits per heavy atom. The average molecular weight is 312 g/mol. The summed E-state index contributed by atoms with van der Waals surface area (Å²) in [6.07, 6.45) is 0.531. The van der Waals surface area contributed by atoms with Crippen molar-refractivity contribution in [2.45, 2.75) is 11.3 Å². The van der Waals surface area contributed by atoms with Crippen LogP contribution in [0.5, 0.6) is 0 Å². The molecule has 0 saturated carbocycles. The Labute approximate surface area is 121 Å². The number of hydrogen-bond donors (Lipinski definition) is 1. The van der Waals surface area contributed by atoms with Gasteiger partial charge in [-0.3, -0.25) is 0 Å². The van der Waals surface area contributed by atoms with Crippen molar-refractivity contribution >= 4 is 15.7 Å². The molecule has 2 aromatic carbocycles. The van der Waals surface area contributed by atoms with Crippen LogP contribution in [0.15, 0.2) is 47.4 Å². The normalized spacial score (nSPS) is 11.4. The number of hydrogen-bond acceptors (Lipinski definition) is 2. The van der Waals surface area contributed by atoms with Gasteiger partial charge in [0, 0.05) is 6.42 Å². The summed E-state index contributed by atoms with van der Waals surface area (Å²) in [5.74, 6) is -1.50. The van der Waals surface area contributed by atoms with Crippen LogP contribution >= 0.6 is 0 Å². The fraction of sp³-hybridized carbons (Fsp3) is 0.143. The van der Waals surface area contributed by atoms with Gasteiger partial charge in [-0.2, -0.15) is 0 Å². The highest BCUT2D eigenvalue weighted by molar-refractivity contribution is 7.94. The highest BCUT2D eigenvalue weighted by Crippen LogP contribution is 2.29. The van der Waals surface area contributed by atoms with Crippen LogP contribution in [0.25, 0.3) is 4.72 Å². The molecule has 0 aromatic heterocycles. The van der Waals surface area contributed by atoms with Crippen LogP contribution in [0, 0.1) is 11.6 Å². The quantitative estimate of drug-likeness (QED) is 0.918. The Morgan fingerprint density at radius 3 is 2.52 bits per heavy atom. The Hall–Kier alpha value is -1.99. The maximum Gasteiger partial charge on any atom is 0.140 e. The fourth-order valence-electron chi connectivity index (χ4n) is 1.83. The van der Waals surface area contributed by atoms with Crippen LogP contribution in [0.1, 0.15) is 5.56 Å². The van der Waals surface area contributed by atoms with E-state index in [4.69, 9.17) is 0 Å². The number of benzene rings is 2. The molecule has 0 aliphatic heterocycles. The molecule has 3 N–H and O–H groups in total. The Bertz CT molecular complexity index is 748. The van der Waals surface area contributed by atoms with E-state index < -0.39 is 26.6 Å². The first kappa shape index (κ1) is 15.4. The Balaban J connectivity index is 2.37. The predicted molar refractivity (Wildman–Crippen MR) is 74.5 cm³/mol. The molecule has 0 aliphatic rings. The van der Waals surface area contributed by atoms with Crippen LogP contribution in [0.4, 0.5) is 14.5 Å². The van der Waals surface area contributed by atoms with E-state index in [1.165, 1.54) is 30.3 Å². The minimum absolute atomic E-state index is 0.0861. The maximum absolute atomic E-state index is 13.8. The molecule has 7 heteroatoms. The first-order chi connectivity index (χ1) is 9.92. The lowest BCUT2D eigenvalue weighted by molar-refractivity contribution is -0.366. The SMILES string of the molecule is [NH3+]CCc1ccc(F)c(S(=O)(=O)[N-]c2cccc(F)c2)c1. The minimum Gasteiger partial charge on any atom is -0.573 e. The average Bonchev–Trinajstić information content (AvgIpc) is 2.40. The lowest BCUT2D eigenvalue weighted by Gasteiger charge is -2.22. The van der Waals surface area contributed by atoms with Gasteiger partial charge in [0.15, 0.2) is 0 Å². The molecule has 0 atom stereocenters. The molecule has 2 rings (SSSR count). The van der Waals surface area contributed by atoms with Gasteiger partial charge < -0.3 is 10.5 Å². The molecule has 0 saturated heterocycles. The van der Waals surface area contributed by atoms with Gasteiger partial charge in [-0.05, 0) is 29.8 Å². The molecule has 0 heterocycles. The van der Waals surface area contributed by atoms with Gasteiger partial charge in [-0.1, -0.05) is 18.2 Å². The number of halogens is 2. The van der Waals surface area contributed by atoms with Crippen molar-refractivity contribution in [3.63, 3.8) is 0 Å². The summed E-state index contributed by atoms with van der Waals surface area (Å²) in [6, 6.07) is 8.62. The summed E-state index contributed by atoms with van der Waals surface area (Å²) in [4.78, 5) is -0.516. The molecule has 0 unspecified atom stereocenters. The highest BCUT2D eigenvalue weighted by atomic mass is 32.2. The number of quaternary nitrogens is 1. The molecule has 2 aromatic rings. The fourth-order valence-corrected chi connectivity index (χ4v) is 2.93. The topological polar surface area (TPSA) is 75.9 Å². The van der Waals surface area contributed by atoms with Crippen molar-refractivity contribution in [2.24, 2.45) is 0 Å². The smallest absolute Gasteiger partial charge is 0.140 e. The summed E-state index contributed by atoms with van der Waals surface area (Å²) in [5, 5.41) is 0. The third-order valence-corrected chi connectivity index (χ3v) is 4.09. The molecule has 0 fully saturated rings. The van der Waals surface area contributed by atoms with E-state index in [9.17, 15) is 17.2 Å². The van der Waals surface area contributed by atoms with Gasteiger partial charge in [0.05, 0.1) is 11.4 Å². The summed E-state index contributed by atoms with van der Waals surface area (Å²) in [7, 11) is -4.24. The molecule has 0 amide bonds. The number of rotatable bonds is 5. The standard InChI is InChI=1S/C14H13F2N2O2S/c15-11-2-1-3-12(9-11)18-21(19,20)14-8-10(6-7-17)4-5-13(14)16/h1-5,8-9H,6-7,17H2/q-1/p+1. The zero-order valence-corrected chi connectivity index (χ0v) is 11.9. The van der Waals surface area contributed by atoms with Crippen LogP contribution in [-0.4, -0.2) is 15.0 Å². The van der Waals surface area contributed by atoms with Crippen molar-refractivity contribution < 1.29 is 22.9 Å². The minimum atomic E-state index is -4.24. The monoisotopic (exact) mass is 312 g/mol. The van der Waals surface area contributed by atoms with E-state index in [1.807, 2.05) is 0 Å². The largest absolute Gasteiger partial charge is 0.573 e. The third kappa shape index (κ3) is 3.77. The van der Waals surface area contributed by atoms with Crippen LogP contribution in [-0.2, 0) is 16.4 Å². The van der Waals surface area contributed by atoms with Crippen molar-refractivity contribution in [3.05, 3.63) is 64.4 Å². The number of nitrogens with zero attached hydrogens (tertiary/aromatic N) is 1. The molecule has 112 valence electrons. The second-order valence-electron chi connectivity index (χ2n) is 4.41. The Kier molecular flexibility index (Phi) is 4.54.